The molecule has 0 amide bonds. The molecule has 0 radical (unpaired) electrons. The predicted molar refractivity (Wildman–Crippen MR) is 87.3 cm³/mol. The molecule has 8 nitrogen and oxygen atoms in total. The topological polar surface area (TPSA) is 91.1 Å². The summed E-state index contributed by atoms with van der Waals surface area (Å²) in [5.41, 5.74) is 0.712. The van der Waals surface area contributed by atoms with Crippen LogP contribution in [-0.4, -0.2) is 41.9 Å². The first-order valence-corrected chi connectivity index (χ1v) is 8.56. The van der Waals surface area contributed by atoms with Gasteiger partial charge in [0.2, 0.25) is 0 Å². The number of nitrogens with zero attached hydrogens (tertiary/aromatic N) is 2. The van der Waals surface area contributed by atoms with Crippen LogP contribution in [0.1, 0.15) is 37.9 Å². The second-order valence-corrected chi connectivity index (χ2v) is 6.15. The number of hydrogen-bond acceptors (Lipinski definition) is 7. The highest BCUT2D eigenvalue weighted by Crippen LogP contribution is 2.38. The lowest BCUT2D eigenvalue weighted by atomic mass is 9.96. The van der Waals surface area contributed by atoms with Crippen LogP contribution in [0.3, 0.4) is 0 Å². The molecular weight excluding hydrogens is 328 g/mol. The number of hydroxylamine groups is 2. The molecule has 1 aromatic carbocycles. The van der Waals surface area contributed by atoms with Gasteiger partial charge in [0, 0.05) is 25.3 Å². The zero-order valence-electron chi connectivity index (χ0n) is 14.1. The van der Waals surface area contributed by atoms with E-state index >= 15 is 0 Å². The summed E-state index contributed by atoms with van der Waals surface area (Å²) in [6.45, 7) is 3.11. The lowest BCUT2D eigenvalue weighted by Gasteiger charge is -2.29. The first-order chi connectivity index (χ1) is 12.1. The quantitative estimate of drug-likeness (QED) is 0.458. The van der Waals surface area contributed by atoms with Gasteiger partial charge < -0.3 is 9.47 Å². The maximum atomic E-state index is 12.4. The number of nitro benzene ring substituents is 1. The molecule has 0 bridgehead atoms. The average Bonchev–Trinajstić information content (AvgIpc) is 3.08. The van der Waals surface area contributed by atoms with Crippen LogP contribution < -0.4 is 0 Å². The van der Waals surface area contributed by atoms with Crippen LogP contribution in [0.2, 0.25) is 0 Å². The molecule has 2 fully saturated rings. The molecule has 1 aromatic rings. The smallest absolute Gasteiger partial charge is 0.313 e. The van der Waals surface area contributed by atoms with Gasteiger partial charge in [-0.25, -0.2) is 0 Å². The Morgan fingerprint density at radius 2 is 2.12 bits per heavy atom. The number of rotatable bonds is 5. The first-order valence-electron chi connectivity index (χ1n) is 8.56. The molecular formula is C17H22N2O6. The van der Waals surface area contributed by atoms with Crippen LogP contribution in [0.25, 0.3) is 0 Å². The molecule has 0 N–H and O–H groups in total. The predicted octanol–water partition coefficient (Wildman–Crippen LogP) is 2.59. The van der Waals surface area contributed by atoms with Gasteiger partial charge in [0.05, 0.1) is 11.5 Å². The summed E-state index contributed by atoms with van der Waals surface area (Å²) in [6, 6.07) is 6.09. The number of non-ortho nitro benzene ring substituents is 1. The Morgan fingerprint density at radius 3 is 2.72 bits per heavy atom. The van der Waals surface area contributed by atoms with Crippen LogP contribution in [0.5, 0.6) is 0 Å². The summed E-state index contributed by atoms with van der Waals surface area (Å²) in [4.78, 5) is 28.7. The lowest BCUT2D eigenvalue weighted by molar-refractivity contribution is -0.384. The van der Waals surface area contributed by atoms with E-state index in [1.54, 1.807) is 24.1 Å². The van der Waals surface area contributed by atoms with Crippen molar-refractivity contribution >= 4 is 11.7 Å². The molecule has 2 saturated heterocycles. The lowest BCUT2D eigenvalue weighted by Crippen LogP contribution is -2.37. The minimum Gasteiger partial charge on any atom is -0.466 e. The van der Waals surface area contributed by atoms with Crippen molar-refractivity contribution in [1.29, 1.82) is 0 Å². The number of carbonyl (C=O) groups excluding carboxylic acids is 1. The second-order valence-electron chi connectivity index (χ2n) is 6.15. The third kappa shape index (κ3) is 3.97. The van der Waals surface area contributed by atoms with Crippen molar-refractivity contribution in [3.63, 3.8) is 0 Å². The molecule has 0 aliphatic carbocycles. The highest BCUT2D eigenvalue weighted by Gasteiger charge is 2.44. The minimum absolute atomic E-state index is 0.00176. The normalized spacial score (nSPS) is 27.2. The monoisotopic (exact) mass is 350 g/mol. The van der Waals surface area contributed by atoms with Gasteiger partial charge in [0.15, 0.2) is 0 Å². The van der Waals surface area contributed by atoms with Crippen LogP contribution in [0.15, 0.2) is 24.3 Å². The fourth-order valence-corrected chi connectivity index (χ4v) is 3.21. The van der Waals surface area contributed by atoms with E-state index in [0.717, 1.165) is 19.3 Å². The van der Waals surface area contributed by atoms with E-state index in [1.807, 2.05) is 0 Å². The van der Waals surface area contributed by atoms with Gasteiger partial charge in [-0.15, -0.1) is 0 Å². The van der Waals surface area contributed by atoms with Crippen molar-refractivity contribution in [3.05, 3.63) is 39.9 Å². The summed E-state index contributed by atoms with van der Waals surface area (Å²) in [5, 5.41) is 12.5. The number of hydrogen-bond donors (Lipinski definition) is 0. The van der Waals surface area contributed by atoms with Gasteiger partial charge in [-0.05, 0) is 43.9 Å². The number of nitro groups is 1. The SMILES string of the molecule is CCOC(=O)C1CN(C2CCCCO2)OC1c1ccc([N+](=O)[O-])cc1. The van der Waals surface area contributed by atoms with E-state index in [2.05, 4.69) is 0 Å². The fourth-order valence-electron chi connectivity index (χ4n) is 3.21. The van der Waals surface area contributed by atoms with Gasteiger partial charge in [-0.3, -0.25) is 19.7 Å². The van der Waals surface area contributed by atoms with E-state index in [-0.39, 0.29) is 17.9 Å². The maximum Gasteiger partial charge on any atom is 0.313 e. The van der Waals surface area contributed by atoms with Crippen LogP contribution >= 0.6 is 0 Å². The standard InChI is InChI=1S/C17H22N2O6/c1-2-23-17(20)14-11-18(15-5-3-4-10-24-15)25-16(14)12-6-8-13(9-7-12)19(21)22/h6-9,14-16H,2-5,10-11H2,1H3. The molecule has 0 spiro atoms. The van der Waals surface area contributed by atoms with Crippen molar-refractivity contribution in [2.75, 3.05) is 19.8 Å². The number of esters is 1. The molecule has 2 aliphatic rings. The largest absolute Gasteiger partial charge is 0.466 e. The van der Waals surface area contributed by atoms with Crippen molar-refractivity contribution in [2.24, 2.45) is 5.92 Å². The van der Waals surface area contributed by atoms with Gasteiger partial charge in [0.25, 0.3) is 5.69 Å². The van der Waals surface area contributed by atoms with Crippen molar-refractivity contribution in [1.82, 2.24) is 5.06 Å². The van der Waals surface area contributed by atoms with Crippen LogP contribution in [0.4, 0.5) is 5.69 Å². The highest BCUT2D eigenvalue weighted by atomic mass is 16.7. The average molecular weight is 350 g/mol. The summed E-state index contributed by atoms with van der Waals surface area (Å²) >= 11 is 0. The fraction of sp³-hybridized carbons (Fsp3) is 0.588. The van der Waals surface area contributed by atoms with Crippen molar-refractivity contribution < 1.29 is 24.0 Å². The van der Waals surface area contributed by atoms with Gasteiger partial charge in [-0.2, -0.15) is 5.06 Å². The Bertz CT molecular complexity index is 614. The summed E-state index contributed by atoms with van der Waals surface area (Å²) in [6.07, 6.45) is 2.22. The molecule has 3 rings (SSSR count). The van der Waals surface area contributed by atoms with E-state index < -0.39 is 16.9 Å². The van der Waals surface area contributed by atoms with Crippen molar-refractivity contribution in [2.45, 2.75) is 38.5 Å². The number of benzene rings is 1. The van der Waals surface area contributed by atoms with Crippen LogP contribution in [-0.2, 0) is 19.1 Å². The third-order valence-electron chi connectivity index (χ3n) is 4.49. The summed E-state index contributed by atoms with van der Waals surface area (Å²) in [5.74, 6) is -0.823. The Balaban J connectivity index is 1.79. The molecule has 3 unspecified atom stereocenters. The highest BCUT2D eigenvalue weighted by molar-refractivity contribution is 5.74. The zero-order chi connectivity index (χ0) is 17.8. The summed E-state index contributed by atoms with van der Waals surface area (Å²) in [7, 11) is 0. The van der Waals surface area contributed by atoms with Crippen LogP contribution in [0, 0.1) is 16.0 Å². The van der Waals surface area contributed by atoms with E-state index in [4.69, 9.17) is 14.3 Å². The van der Waals surface area contributed by atoms with Gasteiger partial charge in [0.1, 0.15) is 18.2 Å². The second kappa shape index (κ2) is 7.90. The molecule has 2 heterocycles. The summed E-state index contributed by atoms with van der Waals surface area (Å²) < 4.78 is 10.9. The van der Waals surface area contributed by atoms with Gasteiger partial charge >= 0.3 is 5.97 Å². The first kappa shape index (κ1) is 17.8. The number of carbonyl (C=O) groups is 1. The molecule has 136 valence electrons. The van der Waals surface area contributed by atoms with E-state index in [1.165, 1.54) is 12.1 Å². The Labute approximate surface area is 145 Å². The third-order valence-corrected chi connectivity index (χ3v) is 4.49. The molecule has 2 aliphatic heterocycles. The minimum atomic E-state index is -0.537. The van der Waals surface area contributed by atoms with E-state index in [9.17, 15) is 14.9 Å². The Morgan fingerprint density at radius 1 is 1.36 bits per heavy atom. The van der Waals surface area contributed by atoms with E-state index in [0.29, 0.717) is 25.3 Å². The molecule has 0 aromatic heterocycles. The van der Waals surface area contributed by atoms with Gasteiger partial charge in [-0.1, -0.05) is 0 Å². The Hall–Kier alpha value is -2.03. The number of ether oxygens (including phenoxy) is 2. The molecule has 8 heteroatoms. The Kier molecular flexibility index (Phi) is 5.62. The maximum absolute atomic E-state index is 12.4. The molecule has 25 heavy (non-hydrogen) atoms. The zero-order valence-corrected chi connectivity index (χ0v) is 14.1. The molecule has 0 saturated carbocycles. The molecule has 3 atom stereocenters. The van der Waals surface area contributed by atoms with Crippen molar-refractivity contribution in [3.8, 4) is 0 Å².